The molecule has 6 heteroatoms. The van der Waals surface area contributed by atoms with E-state index in [1.807, 2.05) is 6.07 Å². The number of benzene rings is 1. The zero-order valence-corrected chi connectivity index (χ0v) is 11.7. The number of para-hydroxylation sites is 1. The summed E-state index contributed by atoms with van der Waals surface area (Å²) in [5, 5.41) is 2.24. The van der Waals surface area contributed by atoms with Crippen LogP contribution in [0.5, 0.6) is 0 Å². The van der Waals surface area contributed by atoms with Crippen molar-refractivity contribution >= 4 is 28.4 Å². The molecule has 0 saturated carbocycles. The minimum atomic E-state index is -1.40. The molecule has 1 aromatic carbocycles. The van der Waals surface area contributed by atoms with Crippen molar-refractivity contribution in [3.8, 4) is 0 Å². The average Bonchev–Trinajstić information content (AvgIpc) is 2.39. The summed E-state index contributed by atoms with van der Waals surface area (Å²) >= 11 is 0. The van der Waals surface area contributed by atoms with Gasteiger partial charge in [0.15, 0.2) is 0 Å². The first-order chi connectivity index (χ1) is 9.02. The Kier molecular flexibility index (Phi) is 6.21. The predicted octanol–water partition coefficient (Wildman–Crippen LogP) is 1.33. The molecule has 1 N–H and O–H groups in total. The Morgan fingerprint density at radius 3 is 2.53 bits per heavy atom. The zero-order chi connectivity index (χ0) is 14.3. The zero-order valence-electron chi connectivity index (χ0n) is 10.9. The molecule has 104 valence electrons. The van der Waals surface area contributed by atoms with Gasteiger partial charge in [-0.1, -0.05) is 25.1 Å². The van der Waals surface area contributed by atoms with Gasteiger partial charge in [0.25, 0.3) is 0 Å². The minimum absolute atomic E-state index is 0.0434. The van der Waals surface area contributed by atoms with Gasteiger partial charge in [-0.05, 0) is 12.1 Å². The first kappa shape index (κ1) is 15.4. The molecule has 2 unspecified atom stereocenters. The summed E-state index contributed by atoms with van der Waals surface area (Å²) < 4.78 is 16.3. The molecule has 0 radical (unpaired) electrons. The van der Waals surface area contributed by atoms with E-state index in [-0.39, 0.29) is 18.1 Å². The van der Waals surface area contributed by atoms with E-state index in [4.69, 9.17) is 0 Å². The van der Waals surface area contributed by atoms with E-state index in [2.05, 4.69) is 10.1 Å². The van der Waals surface area contributed by atoms with E-state index in [1.165, 1.54) is 7.11 Å². The number of nitrogens with one attached hydrogen (secondary N) is 1. The van der Waals surface area contributed by atoms with E-state index in [9.17, 15) is 13.8 Å². The molecule has 0 aliphatic carbocycles. The lowest BCUT2D eigenvalue weighted by atomic mass is 10.3. The normalized spacial score (nSPS) is 13.4. The van der Waals surface area contributed by atoms with Crippen molar-refractivity contribution in [2.24, 2.45) is 0 Å². The van der Waals surface area contributed by atoms with Gasteiger partial charge in [-0.2, -0.15) is 0 Å². The van der Waals surface area contributed by atoms with Crippen molar-refractivity contribution < 1.29 is 18.5 Å². The van der Waals surface area contributed by atoms with Crippen molar-refractivity contribution in [1.29, 1.82) is 0 Å². The Morgan fingerprint density at radius 2 is 1.95 bits per heavy atom. The van der Waals surface area contributed by atoms with Crippen LogP contribution in [0.2, 0.25) is 0 Å². The summed E-state index contributed by atoms with van der Waals surface area (Å²) in [7, 11) is -0.126. The Morgan fingerprint density at radius 1 is 1.32 bits per heavy atom. The minimum Gasteiger partial charge on any atom is -0.469 e. The third-order valence-corrected chi connectivity index (χ3v) is 4.07. The number of esters is 1. The second-order valence-corrected chi connectivity index (χ2v) is 5.89. The molecule has 0 aliphatic rings. The SMILES string of the molecule is COC(=O)CC(C)S(=O)CC(=O)Nc1ccccc1. The lowest BCUT2D eigenvalue weighted by Gasteiger charge is -2.10. The Labute approximate surface area is 114 Å². The highest BCUT2D eigenvalue weighted by Gasteiger charge is 2.18. The van der Waals surface area contributed by atoms with Gasteiger partial charge < -0.3 is 10.1 Å². The van der Waals surface area contributed by atoms with Crippen LogP contribution in [0.15, 0.2) is 30.3 Å². The van der Waals surface area contributed by atoms with E-state index in [1.54, 1.807) is 31.2 Å². The first-order valence-corrected chi connectivity index (χ1v) is 7.20. The number of amides is 1. The van der Waals surface area contributed by atoms with Crippen LogP contribution >= 0.6 is 0 Å². The van der Waals surface area contributed by atoms with Gasteiger partial charge in [-0.15, -0.1) is 0 Å². The van der Waals surface area contributed by atoms with Crippen molar-refractivity contribution in [2.45, 2.75) is 18.6 Å². The topological polar surface area (TPSA) is 72.5 Å². The Bertz CT molecular complexity index is 461. The third-order valence-electron chi connectivity index (χ3n) is 2.46. The fraction of sp³-hybridized carbons (Fsp3) is 0.385. The number of rotatable bonds is 6. The summed E-state index contributed by atoms with van der Waals surface area (Å²) in [6, 6.07) is 8.93. The second-order valence-electron chi connectivity index (χ2n) is 4.03. The number of hydrogen-bond donors (Lipinski definition) is 1. The number of carbonyl (C=O) groups excluding carboxylic acids is 2. The molecule has 1 amide bonds. The lowest BCUT2D eigenvalue weighted by Crippen LogP contribution is -2.26. The van der Waals surface area contributed by atoms with E-state index in [0.29, 0.717) is 5.69 Å². The van der Waals surface area contributed by atoms with Gasteiger partial charge in [0, 0.05) is 21.7 Å². The number of methoxy groups -OCH3 is 1. The van der Waals surface area contributed by atoms with Crippen LogP contribution in [0, 0.1) is 0 Å². The molecular weight excluding hydrogens is 266 g/mol. The molecule has 0 fully saturated rings. The maximum Gasteiger partial charge on any atom is 0.306 e. The van der Waals surface area contributed by atoms with E-state index < -0.39 is 22.0 Å². The van der Waals surface area contributed by atoms with Crippen LogP contribution in [0.1, 0.15) is 13.3 Å². The second kappa shape index (κ2) is 7.68. The molecule has 19 heavy (non-hydrogen) atoms. The first-order valence-electron chi connectivity index (χ1n) is 5.82. The lowest BCUT2D eigenvalue weighted by molar-refractivity contribution is -0.140. The van der Waals surface area contributed by atoms with E-state index in [0.717, 1.165) is 0 Å². The molecule has 0 heterocycles. The van der Waals surface area contributed by atoms with Crippen LogP contribution < -0.4 is 5.32 Å². The van der Waals surface area contributed by atoms with Crippen molar-refractivity contribution in [3.63, 3.8) is 0 Å². The summed E-state index contributed by atoms with van der Waals surface area (Å²) in [6.45, 7) is 1.66. The maximum atomic E-state index is 11.8. The van der Waals surface area contributed by atoms with Crippen molar-refractivity contribution in [2.75, 3.05) is 18.2 Å². The maximum absolute atomic E-state index is 11.8. The quantitative estimate of drug-likeness (QED) is 0.799. The van der Waals surface area contributed by atoms with E-state index >= 15 is 0 Å². The molecule has 2 atom stereocenters. The molecule has 0 saturated heterocycles. The average molecular weight is 283 g/mol. The number of hydrogen-bond acceptors (Lipinski definition) is 4. The highest BCUT2D eigenvalue weighted by Crippen LogP contribution is 2.07. The van der Waals surface area contributed by atoms with Crippen LogP contribution in [-0.4, -0.2) is 34.2 Å². The molecule has 0 bridgehead atoms. The fourth-order valence-electron chi connectivity index (χ4n) is 1.40. The molecule has 5 nitrogen and oxygen atoms in total. The third kappa shape index (κ3) is 5.65. The summed E-state index contributed by atoms with van der Waals surface area (Å²) in [5.41, 5.74) is 0.658. The summed E-state index contributed by atoms with van der Waals surface area (Å²) in [5.74, 6) is -0.891. The van der Waals surface area contributed by atoms with Gasteiger partial charge in [0.05, 0.1) is 13.5 Å². The standard InChI is InChI=1S/C13H17NO4S/c1-10(8-13(16)18-2)19(17)9-12(15)14-11-6-4-3-5-7-11/h3-7,10H,8-9H2,1-2H3,(H,14,15). The van der Waals surface area contributed by atoms with Crippen molar-refractivity contribution in [1.82, 2.24) is 0 Å². The van der Waals surface area contributed by atoms with Gasteiger partial charge in [-0.25, -0.2) is 0 Å². The van der Waals surface area contributed by atoms with Crippen LogP contribution in [0.4, 0.5) is 5.69 Å². The largest absolute Gasteiger partial charge is 0.469 e. The Hall–Kier alpha value is -1.69. The smallest absolute Gasteiger partial charge is 0.306 e. The predicted molar refractivity (Wildman–Crippen MR) is 74.2 cm³/mol. The highest BCUT2D eigenvalue weighted by atomic mass is 32.2. The van der Waals surface area contributed by atoms with Gasteiger partial charge in [0.1, 0.15) is 5.75 Å². The fourth-order valence-corrected chi connectivity index (χ4v) is 2.34. The summed E-state index contributed by atoms with van der Waals surface area (Å²) in [6.07, 6.45) is 0.0434. The monoisotopic (exact) mass is 283 g/mol. The molecular formula is C13H17NO4S. The van der Waals surface area contributed by atoms with Crippen LogP contribution in [0.25, 0.3) is 0 Å². The van der Waals surface area contributed by atoms with Crippen molar-refractivity contribution in [3.05, 3.63) is 30.3 Å². The van der Waals surface area contributed by atoms with Crippen LogP contribution in [0.3, 0.4) is 0 Å². The molecule has 0 spiro atoms. The molecule has 0 aromatic heterocycles. The van der Waals surface area contributed by atoms with Gasteiger partial charge in [-0.3, -0.25) is 13.8 Å². The summed E-state index contributed by atoms with van der Waals surface area (Å²) in [4.78, 5) is 22.7. The Balaban J connectivity index is 2.44. The number of anilines is 1. The van der Waals surface area contributed by atoms with Gasteiger partial charge >= 0.3 is 5.97 Å². The molecule has 1 aromatic rings. The highest BCUT2D eigenvalue weighted by molar-refractivity contribution is 7.86. The van der Waals surface area contributed by atoms with Crippen LogP contribution in [-0.2, 0) is 25.1 Å². The number of carbonyl (C=O) groups is 2. The number of ether oxygens (including phenoxy) is 1. The van der Waals surface area contributed by atoms with Gasteiger partial charge in [0.2, 0.25) is 5.91 Å². The molecule has 0 aliphatic heterocycles. The molecule has 1 rings (SSSR count).